The molecule has 1 aromatic rings. The van der Waals surface area contributed by atoms with Crippen molar-refractivity contribution in [1.82, 2.24) is 0 Å². The van der Waals surface area contributed by atoms with Crippen molar-refractivity contribution < 1.29 is 23.9 Å². The number of carbonyl (C=O) groups is 3. The molecule has 0 amide bonds. The quantitative estimate of drug-likeness (QED) is 0.497. The maximum atomic E-state index is 13.7. The maximum absolute atomic E-state index is 13.7. The number of Topliss-reactive ketones (excluding diaryl/α,β-unsaturated/α-hetero) is 1. The lowest BCUT2D eigenvalue weighted by Crippen LogP contribution is -2.58. The van der Waals surface area contributed by atoms with E-state index in [4.69, 9.17) is 9.47 Å². The average molecular weight is 506 g/mol. The molecule has 4 aliphatic carbocycles. The number of hydrogen-bond acceptors (Lipinski definition) is 6. The summed E-state index contributed by atoms with van der Waals surface area (Å²) in [6, 6.07) is 8.72. The smallest absolute Gasteiger partial charge is 0.303 e. The number of benzene rings is 1. The number of anilines is 1. The zero-order chi connectivity index (χ0) is 26.5. The van der Waals surface area contributed by atoms with Crippen molar-refractivity contribution in [3.63, 3.8) is 0 Å². The number of rotatable bonds is 6. The summed E-state index contributed by atoms with van der Waals surface area (Å²) < 4.78 is 11.4. The van der Waals surface area contributed by atoms with Crippen LogP contribution in [-0.2, 0) is 23.9 Å². The first-order valence-electron chi connectivity index (χ1n) is 13.6. The predicted octanol–water partition coefficient (Wildman–Crippen LogP) is 5.17. The molecule has 0 saturated heterocycles. The van der Waals surface area contributed by atoms with Gasteiger partial charge in [0, 0.05) is 51.6 Å². The first kappa shape index (κ1) is 25.9. The van der Waals surface area contributed by atoms with Crippen molar-refractivity contribution in [2.24, 2.45) is 17.3 Å². The van der Waals surface area contributed by atoms with Gasteiger partial charge in [0.15, 0.2) is 11.4 Å². The second-order valence-electron chi connectivity index (χ2n) is 11.8. The standard InChI is InChI=1S/C31H39NO5/c1-19(33)37-31(28(35)18-36-5)15-14-27-25-12-8-21-16-23(34)11-13-24(21)29(25)26(17-30(27,31)2)20-6-9-22(10-7-20)32(3)4/h6-7,9-10,16,25-27H,8,11-15,17-18H2,1-5H3/t25?,26-,27?,30?,31+/m1/s1. The summed E-state index contributed by atoms with van der Waals surface area (Å²) in [5, 5.41) is 0. The number of methoxy groups -OCH3 is 1. The lowest BCUT2D eigenvalue weighted by Gasteiger charge is -2.55. The van der Waals surface area contributed by atoms with Gasteiger partial charge in [-0.3, -0.25) is 14.4 Å². The molecular formula is C31H39NO5. The second-order valence-corrected chi connectivity index (χ2v) is 11.8. The Morgan fingerprint density at radius 1 is 1.08 bits per heavy atom. The molecule has 0 bridgehead atoms. The van der Waals surface area contributed by atoms with Crippen molar-refractivity contribution in [2.45, 2.75) is 70.3 Å². The Labute approximate surface area is 220 Å². The normalized spacial score (nSPS) is 32.7. The first-order valence-corrected chi connectivity index (χ1v) is 13.6. The Kier molecular flexibility index (Phi) is 6.68. The number of ether oxygens (including phenoxy) is 2. The maximum Gasteiger partial charge on any atom is 0.303 e. The summed E-state index contributed by atoms with van der Waals surface area (Å²) in [5.41, 5.74) is 4.70. The molecule has 0 N–H and O–H groups in total. The van der Waals surface area contributed by atoms with Crippen molar-refractivity contribution in [2.75, 3.05) is 32.7 Å². The molecule has 37 heavy (non-hydrogen) atoms. The molecule has 5 rings (SSSR count). The van der Waals surface area contributed by atoms with E-state index < -0.39 is 17.0 Å². The topological polar surface area (TPSA) is 72.9 Å². The summed E-state index contributed by atoms with van der Waals surface area (Å²) in [7, 11) is 5.59. The molecule has 0 spiro atoms. The summed E-state index contributed by atoms with van der Waals surface area (Å²) in [4.78, 5) is 40.5. The van der Waals surface area contributed by atoms with Gasteiger partial charge in [-0.25, -0.2) is 0 Å². The van der Waals surface area contributed by atoms with E-state index in [0.717, 1.165) is 37.8 Å². The molecule has 1 aromatic carbocycles. The molecule has 4 aliphatic rings. The Morgan fingerprint density at radius 3 is 2.46 bits per heavy atom. The highest BCUT2D eigenvalue weighted by Crippen LogP contribution is 2.67. The summed E-state index contributed by atoms with van der Waals surface area (Å²) in [6.45, 7) is 3.52. The lowest BCUT2D eigenvalue weighted by molar-refractivity contribution is -0.185. The van der Waals surface area contributed by atoms with E-state index in [1.807, 2.05) is 20.2 Å². The van der Waals surface area contributed by atoms with Gasteiger partial charge in [0.05, 0.1) is 0 Å². The number of fused-ring (bicyclic) bond motifs is 4. The van der Waals surface area contributed by atoms with Crippen LogP contribution in [-0.4, -0.2) is 50.9 Å². The van der Waals surface area contributed by atoms with Gasteiger partial charge in [-0.2, -0.15) is 0 Å². The number of ketones is 2. The van der Waals surface area contributed by atoms with Crippen molar-refractivity contribution >= 4 is 23.2 Å². The van der Waals surface area contributed by atoms with Gasteiger partial charge >= 0.3 is 5.97 Å². The van der Waals surface area contributed by atoms with E-state index in [-0.39, 0.29) is 30.0 Å². The highest BCUT2D eigenvalue weighted by atomic mass is 16.6. The van der Waals surface area contributed by atoms with Gasteiger partial charge < -0.3 is 14.4 Å². The average Bonchev–Trinajstić information content (AvgIpc) is 3.15. The van der Waals surface area contributed by atoms with E-state index in [0.29, 0.717) is 18.8 Å². The molecule has 6 heteroatoms. The molecule has 2 fully saturated rings. The van der Waals surface area contributed by atoms with Gasteiger partial charge in [0.1, 0.15) is 6.61 Å². The highest BCUT2D eigenvalue weighted by molar-refractivity contribution is 5.93. The molecule has 0 aromatic heterocycles. The fourth-order valence-electron chi connectivity index (χ4n) is 8.13. The number of esters is 1. The third-order valence-electron chi connectivity index (χ3n) is 9.71. The van der Waals surface area contributed by atoms with Gasteiger partial charge in [-0.1, -0.05) is 24.6 Å². The summed E-state index contributed by atoms with van der Waals surface area (Å²) in [5.74, 6) is 0.301. The zero-order valence-electron chi connectivity index (χ0n) is 22.8. The Hall–Kier alpha value is -2.73. The minimum atomic E-state index is -1.18. The van der Waals surface area contributed by atoms with Crippen LogP contribution >= 0.6 is 0 Å². The fraction of sp³-hybridized carbons (Fsp3) is 0.581. The summed E-state index contributed by atoms with van der Waals surface area (Å²) in [6.07, 6.45) is 7.17. The molecule has 0 radical (unpaired) electrons. The van der Waals surface area contributed by atoms with Gasteiger partial charge in [0.2, 0.25) is 5.78 Å². The first-order chi connectivity index (χ1) is 17.6. The summed E-state index contributed by atoms with van der Waals surface area (Å²) >= 11 is 0. The second kappa shape index (κ2) is 9.54. The van der Waals surface area contributed by atoms with E-state index in [2.05, 4.69) is 36.1 Å². The molecule has 6 nitrogen and oxygen atoms in total. The fourth-order valence-corrected chi connectivity index (χ4v) is 8.13. The molecule has 3 unspecified atom stereocenters. The minimum absolute atomic E-state index is 0.0641. The third-order valence-corrected chi connectivity index (χ3v) is 9.71. The molecule has 0 aliphatic heterocycles. The molecule has 0 heterocycles. The molecule has 2 saturated carbocycles. The van der Waals surface area contributed by atoms with Gasteiger partial charge in [0.25, 0.3) is 0 Å². The van der Waals surface area contributed by atoms with Crippen LogP contribution in [0.15, 0.2) is 47.1 Å². The lowest BCUT2D eigenvalue weighted by atomic mass is 9.50. The van der Waals surface area contributed by atoms with Crippen LogP contribution in [0, 0.1) is 17.3 Å². The Balaban J connectivity index is 1.68. The third kappa shape index (κ3) is 4.08. The van der Waals surface area contributed by atoms with E-state index in [1.165, 1.54) is 36.3 Å². The van der Waals surface area contributed by atoms with Crippen LogP contribution in [0.1, 0.15) is 70.3 Å². The van der Waals surface area contributed by atoms with Crippen LogP contribution in [0.3, 0.4) is 0 Å². The van der Waals surface area contributed by atoms with Crippen LogP contribution in [0.4, 0.5) is 5.69 Å². The predicted molar refractivity (Wildman–Crippen MR) is 142 cm³/mol. The number of hydrogen-bond donors (Lipinski definition) is 0. The van der Waals surface area contributed by atoms with Crippen molar-refractivity contribution in [3.05, 3.63) is 52.6 Å². The van der Waals surface area contributed by atoms with E-state index in [9.17, 15) is 14.4 Å². The van der Waals surface area contributed by atoms with Gasteiger partial charge in [-0.15, -0.1) is 0 Å². The highest BCUT2D eigenvalue weighted by Gasteiger charge is 2.68. The van der Waals surface area contributed by atoms with Crippen LogP contribution in [0.2, 0.25) is 0 Å². The number of allylic oxidation sites excluding steroid dienone is 4. The Bertz CT molecular complexity index is 1180. The van der Waals surface area contributed by atoms with Crippen molar-refractivity contribution in [1.29, 1.82) is 0 Å². The molecular weight excluding hydrogens is 466 g/mol. The minimum Gasteiger partial charge on any atom is -0.451 e. The molecule has 5 atom stereocenters. The van der Waals surface area contributed by atoms with E-state index in [1.54, 1.807) is 0 Å². The SMILES string of the molecule is COCC(=O)[C@@]1(OC(C)=O)CCC2C3CCC4=CC(=O)CCC4=C3[C@@H](c3ccc(N(C)C)cc3)CC21C. The van der Waals surface area contributed by atoms with Crippen LogP contribution in [0.5, 0.6) is 0 Å². The number of nitrogens with zero attached hydrogens (tertiary/aromatic N) is 1. The van der Waals surface area contributed by atoms with Gasteiger partial charge in [-0.05, 0) is 85.3 Å². The largest absolute Gasteiger partial charge is 0.451 e. The van der Waals surface area contributed by atoms with Crippen LogP contribution in [0.25, 0.3) is 0 Å². The van der Waals surface area contributed by atoms with Crippen LogP contribution < -0.4 is 4.90 Å². The zero-order valence-corrected chi connectivity index (χ0v) is 22.8. The molecule has 198 valence electrons. The number of carbonyl (C=O) groups excluding carboxylic acids is 3. The van der Waals surface area contributed by atoms with E-state index >= 15 is 0 Å². The Morgan fingerprint density at radius 2 is 1.81 bits per heavy atom. The monoisotopic (exact) mass is 505 g/mol. The van der Waals surface area contributed by atoms with Crippen molar-refractivity contribution in [3.8, 4) is 0 Å².